The van der Waals surface area contributed by atoms with Crippen LogP contribution in [-0.4, -0.2) is 45.9 Å². The zero-order valence-electron chi connectivity index (χ0n) is 14.0. The third-order valence-corrected chi connectivity index (χ3v) is 8.54. The van der Waals surface area contributed by atoms with E-state index in [4.69, 9.17) is 0 Å². The van der Waals surface area contributed by atoms with Gasteiger partial charge in [0.05, 0.1) is 10.6 Å². The van der Waals surface area contributed by atoms with Gasteiger partial charge in [0.25, 0.3) is 10.0 Å². The van der Waals surface area contributed by atoms with Gasteiger partial charge in [-0.15, -0.1) is 11.3 Å². The summed E-state index contributed by atoms with van der Waals surface area (Å²) < 4.78 is 50.6. The number of hydrogen-bond donors (Lipinski definition) is 1. The van der Waals surface area contributed by atoms with Gasteiger partial charge in [-0.3, -0.25) is 4.79 Å². The van der Waals surface area contributed by atoms with Gasteiger partial charge in [-0.05, 0) is 36.4 Å². The number of nitrogens with one attached hydrogen (secondary N) is 1. The lowest BCUT2D eigenvalue weighted by Crippen LogP contribution is -2.43. The van der Waals surface area contributed by atoms with Gasteiger partial charge in [0.15, 0.2) is 9.84 Å². The largest absolute Gasteiger partial charge is 0.324 e. The second-order valence-corrected chi connectivity index (χ2v) is 11.0. The number of benzene rings is 1. The number of anilines is 1. The molecule has 1 aliphatic rings. The Morgan fingerprint density at radius 2 is 1.88 bits per heavy atom. The molecule has 3 rings (SSSR count). The first-order valence-corrected chi connectivity index (χ1v) is 12.1. The molecule has 0 aliphatic carbocycles. The maximum Gasteiger partial charge on any atom is 0.253 e. The summed E-state index contributed by atoms with van der Waals surface area (Å²) in [5.41, 5.74) is 0.153. The first-order valence-electron chi connectivity index (χ1n) is 7.86. The third-order valence-electron chi connectivity index (χ3n) is 4.11. The summed E-state index contributed by atoms with van der Waals surface area (Å²) in [5, 5.41) is 4.25. The van der Waals surface area contributed by atoms with E-state index >= 15 is 0 Å². The van der Waals surface area contributed by atoms with Crippen LogP contribution in [0.5, 0.6) is 0 Å². The van der Waals surface area contributed by atoms with Crippen LogP contribution in [0.1, 0.15) is 12.8 Å². The highest BCUT2D eigenvalue weighted by atomic mass is 32.2. The van der Waals surface area contributed by atoms with Gasteiger partial charge < -0.3 is 5.32 Å². The maximum absolute atomic E-state index is 12.7. The minimum Gasteiger partial charge on any atom is -0.324 e. The molecule has 2 heterocycles. The molecule has 1 amide bonds. The highest BCUT2D eigenvalue weighted by Gasteiger charge is 2.40. The van der Waals surface area contributed by atoms with E-state index in [0.717, 1.165) is 17.6 Å². The van der Waals surface area contributed by atoms with Gasteiger partial charge in [0, 0.05) is 12.8 Å². The molecule has 26 heavy (non-hydrogen) atoms. The Morgan fingerprint density at radius 1 is 1.15 bits per heavy atom. The number of nitrogens with zero attached hydrogens (tertiary/aromatic N) is 1. The average molecular weight is 415 g/mol. The van der Waals surface area contributed by atoms with E-state index in [9.17, 15) is 21.6 Å². The maximum atomic E-state index is 12.7. The molecule has 0 saturated carbocycles. The summed E-state index contributed by atoms with van der Waals surface area (Å²) in [7, 11) is -7.27. The normalized spacial score (nSPS) is 18.7. The number of carbonyl (C=O) groups is 1. The Bertz CT molecular complexity index is 1010. The summed E-state index contributed by atoms with van der Waals surface area (Å²) >= 11 is 1.10. The van der Waals surface area contributed by atoms with E-state index in [1.54, 1.807) is 23.6 Å². The number of sulfone groups is 1. The van der Waals surface area contributed by atoms with Crippen LogP contribution in [0.15, 0.2) is 50.9 Å². The number of thiophene rings is 1. The highest BCUT2D eigenvalue weighted by molar-refractivity contribution is 7.91. The minimum absolute atomic E-state index is 0.000916. The molecule has 1 N–H and O–H groups in total. The lowest BCUT2D eigenvalue weighted by molar-refractivity contribution is -0.119. The van der Waals surface area contributed by atoms with E-state index in [-0.39, 0.29) is 21.3 Å². The SMILES string of the molecule is CS(=O)(=O)c1ccccc1NC(=O)C1CCCN1S(=O)(=O)c1cccs1. The van der Waals surface area contributed by atoms with Crippen LogP contribution in [0.4, 0.5) is 5.69 Å². The van der Waals surface area contributed by atoms with Crippen LogP contribution in [0.3, 0.4) is 0 Å². The van der Waals surface area contributed by atoms with Gasteiger partial charge >= 0.3 is 0 Å². The lowest BCUT2D eigenvalue weighted by atomic mass is 10.2. The predicted octanol–water partition coefficient (Wildman–Crippen LogP) is 1.94. The molecule has 1 aromatic heterocycles. The van der Waals surface area contributed by atoms with E-state index in [0.29, 0.717) is 12.8 Å². The number of sulfonamides is 1. The minimum atomic E-state index is -3.75. The fourth-order valence-corrected chi connectivity index (χ4v) is 6.55. The van der Waals surface area contributed by atoms with Gasteiger partial charge in [-0.25, -0.2) is 16.8 Å². The number of rotatable bonds is 5. The molecule has 0 bridgehead atoms. The van der Waals surface area contributed by atoms with Crippen molar-refractivity contribution >= 4 is 42.8 Å². The number of carbonyl (C=O) groups excluding carboxylic acids is 1. The second-order valence-electron chi connectivity index (χ2n) is 5.96. The molecule has 1 saturated heterocycles. The zero-order valence-corrected chi connectivity index (χ0v) is 16.4. The Hall–Kier alpha value is -1.75. The Morgan fingerprint density at radius 3 is 2.54 bits per heavy atom. The Balaban J connectivity index is 1.87. The summed E-state index contributed by atoms with van der Waals surface area (Å²) in [4.78, 5) is 12.7. The molecule has 140 valence electrons. The van der Waals surface area contributed by atoms with E-state index < -0.39 is 31.8 Å². The fourth-order valence-electron chi connectivity index (χ4n) is 2.92. The predicted molar refractivity (Wildman–Crippen MR) is 99.4 cm³/mol. The zero-order chi connectivity index (χ0) is 18.9. The monoisotopic (exact) mass is 414 g/mol. The van der Waals surface area contributed by atoms with Crippen molar-refractivity contribution < 1.29 is 21.6 Å². The highest BCUT2D eigenvalue weighted by Crippen LogP contribution is 2.30. The molecule has 1 aliphatic heterocycles. The fraction of sp³-hybridized carbons (Fsp3) is 0.312. The van der Waals surface area contributed by atoms with Crippen LogP contribution >= 0.6 is 11.3 Å². The van der Waals surface area contributed by atoms with Crippen molar-refractivity contribution in [3.8, 4) is 0 Å². The number of para-hydroxylation sites is 1. The summed E-state index contributed by atoms with van der Waals surface area (Å²) in [5.74, 6) is -0.529. The van der Waals surface area contributed by atoms with Crippen molar-refractivity contribution in [2.75, 3.05) is 18.1 Å². The number of amides is 1. The van der Waals surface area contributed by atoms with Crippen molar-refractivity contribution in [1.29, 1.82) is 0 Å². The first kappa shape index (κ1) is 19.0. The van der Waals surface area contributed by atoms with Crippen molar-refractivity contribution in [3.63, 3.8) is 0 Å². The molecular formula is C16H18N2O5S3. The molecule has 7 nitrogen and oxygen atoms in total. The van der Waals surface area contributed by atoms with Gasteiger partial charge in [0.2, 0.25) is 5.91 Å². The van der Waals surface area contributed by atoms with Crippen LogP contribution in [0, 0.1) is 0 Å². The summed E-state index contributed by atoms with van der Waals surface area (Å²) in [6.07, 6.45) is 2.01. The van der Waals surface area contributed by atoms with E-state index in [1.165, 1.54) is 22.5 Å². The van der Waals surface area contributed by atoms with Crippen molar-refractivity contribution in [2.45, 2.75) is 28.0 Å². The third kappa shape index (κ3) is 3.68. The molecule has 10 heteroatoms. The van der Waals surface area contributed by atoms with Crippen LogP contribution in [-0.2, 0) is 24.7 Å². The average Bonchev–Trinajstić information content (AvgIpc) is 3.26. The van der Waals surface area contributed by atoms with Gasteiger partial charge in [0.1, 0.15) is 10.3 Å². The molecule has 0 radical (unpaired) electrons. The standard InChI is InChI=1S/C16H18N2O5S3/c1-25(20,21)14-8-3-2-6-12(14)17-16(19)13-7-4-10-18(13)26(22,23)15-9-5-11-24-15/h2-3,5-6,8-9,11,13H,4,7,10H2,1H3,(H,17,19). The molecule has 1 unspecified atom stereocenters. The molecule has 1 fully saturated rings. The topological polar surface area (TPSA) is 101 Å². The van der Waals surface area contributed by atoms with Gasteiger partial charge in [-0.2, -0.15) is 4.31 Å². The van der Waals surface area contributed by atoms with Crippen molar-refractivity contribution in [1.82, 2.24) is 4.31 Å². The number of hydrogen-bond acceptors (Lipinski definition) is 6. The van der Waals surface area contributed by atoms with Crippen LogP contribution in [0.25, 0.3) is 0 Å². The molecule has 1 aromatic carbocycles. The van der Waals surface area contributed by atoms with Gasteiger partial charge in [-0.1, -0.05) is 18.2 Å². The smallest absolute Gasteiger partial charge is 0.253 e. The second kappa shape index (κ2) is 7.10. The Labute approximate surface area is 156 Å². The first-order chi connectivity index (χ1) is 12.2. The van der Waals surface area contributed by atoms with E-state index in [1.807, 2.05) is 0 Å². The van der Waals surface area contributed by atoms with E-state index in [2.05, 4.69) is 5.32 Å². The molecule has 1 atom stereocenters. The molecule has 0 spiro atoms. The summed E-state index contributed by atoms with van der Waals surface area (Å²) in [6, 6.07) is 8.35. The lowest BCUT2D eigenvalue weighted by Gasteiger charge is -2.23. The quantitative estimate of drug-likeness (QED) is 0.806. The Kier molecular flexibility index (Phi) is 5.20. The van der Waals surface area contributed by atoms with Crippen molar-refractivity contribution in [3.05, 3.63) is 41.8 Å². The van der Waals surface area contributed by atoms with Crippen LogP contribution < -0.4 is 5.32 Å². The summed E-state index contributed by atoms with van der Waals surface area (Å²) in [6.45, 7) is 0.256. The molecule has 2 aromatic rings. The van der Waals surface area contributed by atoms with Crippen LogP contribution in [0.2, 0.25) is 0 Å². The molecular weight excluding hydrogens is 396 g/mol. The van der Waals surface area contributed by atoms with Crippen molar-refractivity contribution in [2.24, 2.45) is 0 Å².